The van der Waals surface area contributed by atoms with Gasteiger partial charge < -0.3 is 14.8 Å². The second-order valence-electron chi connectivity index (χ2n) is 8.89. The van der Waals surface area contributed by atoms with Crippen LogP contribution in [-0.2, 0) is 24.8 Å². The molecule has 1 N–H and O–H groups in total. The summed E-state index contributed by atoms with van der Waals surface area (Å²) in [4.78, 5) is 13.2. The van der Waals surface area contributed by atoms with E-state index in [4.69, 9.17) is 9.47 Å². The molecule has 2 aromatic rings. The number of carbonyl (C=O) groups is 1. The largest absolute Gasteiger partial charge is 0.486 e. The topological polar surface area (TPSA) is 122 Å². The summed E-state index contributed by atoms with van der Waals surface area (Å²) in [5, 5.41) is 2.69. The van der Waals surface area contributed by atoms with Crippen molar-refractivity contribution in [2.24, 2.45) is 0 Å². The molecule has 1 saturated heterocycles. The lowest BCUT2D eigenvalue weighted by atomic mass is 10.2. The predicted octanol–water partition coefficient (Wildman–Crippen LogP) is 2.82. The van der Waals surface area contributed by atoms with Crippen LogP contribution >= 0.6 is 0 Å². The van der Waals surface area contributed by atoms with Crippen molar-refractivity contribution in [3.05, 3.63) is 42.5 Å². The third-order valence-electron chi connectivity index (χ3n) is 6.19. The quantitative estimate of drug-likeness (QED) is 0.576. The first kappa shape index (κ1) is 26.2. The van der Waals surface area contributed by atoms with E-state index in [2.05, 4.69) is 5.32 Å². The zero-order chi connectivity index (χ0) is 25.9. The van der Waals surface area contributed by atoms with E-state index in [0.717, 1.165) is 36.2 Å². The number of hydrogen-bond acceptors (Lipinski definition) is 7. The maximum absolute atomic E-state index is 13.0. The molecular formula is C24H31N3O7S2. The summed E-state index contributed by atoms with van der Waals surface area (Å²) in [5.41, 5.74) is 0.626. The van der Waals surface area contributed by atoms with Crippen LogP contribution in [0.5, 0.6) is 11.5 Å². The Bertz CT molecular complexity index is 1300. The molecule has 0 bridgehead atoms. The molecule has 10 nitrogen and oxygen atoms in total. The fourth-order valence-electron chi connectivity index (χ4n) is 4.37. The third kappa shape index (κ3) is 5.76. The van der Waals surface area contributed by atoms with E-state index >= 15 is 0 Å². The number of amides is 1. The van der Waals surface area contributed by atoms with Crippen LogP contribution in [0.15, 0.2) is 47.4 Å². The standard InChI is InChI=1S/C24H31N3O7S2/c1-18(27(35(2,29)30)20-9-12-22-23(17-20)34-16-15-33-22)24(28)25-19-7-10-21(11-8-19)36(31,32)26-13-5-3-4-6-14-26/h7-12,17-18H,3-6,13-16H2,1-2H3,(H,25,28)/t18-/m0/s1. The number of ether oxygens (including phenoxy) is 2. The van der Waals surface area contributed by atoms with Crippen molar-refractivity contribution >= 4 is 37.3 Å². The molecule has 1 atom stereocenters. The van der Waals surface area contributed by atoms with Gasteiger partial charge in [0, 0.05) is 24.8 Å². The molecule has 2 aromatic carbocycles. The summed E-state index contributed by atoms with van der Waals surface area (Å²) in [7, 11) is -7.44. The van der Waals surface area contributed by atoms with Crippen LogP contribution in [-0.4, -0.2) is 65.6 Å². The van der Waals surface area contributed by atoms with Gasteiger partial charge in [-0.05, 0) is 56.2 Å². The van der Waals surface area contributed by atoms with Crippen molar-refractivity contribution in [1.29, 1.82) is 0 Å². The molecule has 2 aliphatic rings. The number of sulfonamides is 2. The van der Waals surface area contributed by atoms with Crippen LogP contribution in [0.3, 0.4) is 0 Å². The highest BCUT2D eigenvalue weighted by molar-refractivity contribution is 7.92. The average Bonchev–Trinajstić information content (AvgIpc) is 3.14. The van der Waals surface area contributed by atoms with Crippen LogP contribution in [0.2, 0.25) is 0 Å². The van der Waals surface area contributed by atoms with Crippen LogP contribution < -0.4 is 19.1 Å². The van der Waals surface area contributed by atoms with Gasteiger partial charge >= 0.3 is 0 Å². The number of nitrogens with one attached hydrogen (secondary N) is 1. The van der Waals surface area contributed by atoms with Crippen molar-refractivity contribution in [2.75, 3.05) is 42.2 Å². The van der Waals surface area contributed by atoms with Gasteiger partial charge in [-0.2, -0.15) is 4.31 Å². The van der Waals surface area contributed by atoms with E-state index in [1.165, 1.54) is 41.6 Å². The number of hydrogen-bond donors (Lipinski definition) is 1. The first-order valence-electron chi connectivity index (χ1n) is 11.9. The van der Waals surface area contributed by atoms with E-state index in [1.54, 1.807) is 12.1 Å². The molecule has 1 fully saturated rings. The SMILES string of the molecule is C[C@@H](C(=O)Nc1ccc(S(=O)(=O)N2CCCCCC2)cc1)N(c1ccc2c(c1)OCCO2)S(C)(=O)=O. The van der Waals surface area contributed by atoms with Crippen LogP contribution in [0.25, 0.3) is 0 Å². The van der Waals surface area contributed by atoms with Crippen molar-refractivity contribution < 1.29 is 31.1 Å². The molecule has 0 saturated carbocycles. The van der Waals surface area contributed by atoms with Gasteiger partial charge in [0.05, 0.1) is 16.8 Å². The Kier molecular flexibility index (Phi) is 7.76. The minimum atomic E-state index is -3.83. The molecule has 2 heterocycles. The fourth-order valence-corrected chi connectivity index (χ4v) is 7.05. The minimum absolute atomic E-state index is 0.157. The Morgan fingerprint density at radius 2 is 1.53 bits per heavy atom. The highest BCUT2D eigenvalue weighted by atomic mass is 32.2. The number of rotatable bonds is 7. The molecule has 0 aromatic heterocycles. The first-order valence-corrected chi connectivity index (χ1v) is 15.2. The van der Waals surface area contributed by atoms with Gasteiger partial charge in [-0.1, -0.05) is 12.8 Å². The van der Waals surface area contributed by atoms with Crippen LogP contribution in [0.1, 0.15) is 32.6 Å². The van der Waals surface area contributed by atoms with Crippen molar-refractivity contribution in [2.45, 2.75) is 43.5 Å². The number of anilines is 2. The number of fused-ring (bicyclic) bond motifs is 1. The molecule has 2 aliphatic heterocycles. The number of benzene rings is 2. The van der Waals surface area contributed by atoms with Gasteiger partial charge in [-0.3, -0.25) is 9.10 Å². The molecule has 36 heavy (non-hydrogen) atoms. The first-order chi connectivity index (χ1) is 17.1. The molecule has 4 rings (SSSR count). The van der Waals surface area contributed by atoms with Gasteiger partial charge in [-0.25, -0.2) is 16.8 Å². The minimum Gasteiger partial charge on any atom is -0.486 e. The summed E-state index contributed by atoms with van der Waals surface area (Å²) in [5.74, 6) is 0.338. The third-order valence-corrected chi connectivity index (χ3v) is 9.35. The summed E-state index contributed by atoms with van der Waals surface area (Å²) < 4.78 is 64.8. The molecule has 1 amide bonds. The lowest BCUT2D eigenvalue weighted by Crippen LogP contribution is -2.45. The van der Waals surface area contributed by atoms with E-state index < -0.39 is 32.0 Å². The fraction of sp³-hybridized carbons (Fsp3) is 0.458. The van der Waals surface area contributed by atoms with Crippen molar-refractivity contribution in [3.63, 3.8) is 0 Å². The van der Waals surface area contributed by atoms with E-state index in [1.807, 2.05) is 0 Å². The molecule has 0 radical (unpaired) electrons. The van der Waals surface area contributed by atoms with Gasteiger partial charge in [0.15, 0.2) is 11.5 Å². The van der Waals surface area contributed by atoms with Crippen molar-refractivity contribution in [3.8, 4) is 11.5 Å². The number of carbonyl (C=O) groups excluding carboxylic acids is 1. The Hall–Kier alpha value is -2.83. The van der Waals surface area contributed by atoms with E-state index in [0.29, 0.717) is 43.5 Å². The van der Waals surface area contributed by atoms with Gasteiger partial charge in [-0.15, -0.1) is 0 Å². The zero-order valence-corrected chi connectivity index (χ0v) is 22.0. The maximum Gasteiger partial charge on any atom is 0.247 e. The highest BCUT2D eigenvalue weighted by Crippen LogP contribution is 2.35. The predicted molar refractivity (Wildman–Crippen MR) is 137 cm³/mol. The second-order valence-corrected chi connectivity index (χ2v) is 12.7. The number of nitrogens with zero attached hydrogens (tertiary/aromatic N) is 2. The summed E-state index contributed by atoms with van der Waals surface area (Å²) in [6.45, 7) is 3.22. The Morgan fingerprint density at radius 3 is 2.14 bits per heavy atom. The Labute approximate surface area is 212 Å². The average molecular weight is 538 g/mol. The second kappa shape index (κ2) is 10.7. The monoisotopic (exact) mass is 537 g/mol. The molecule has 0 unspecified atom stereocenters. The summed E-state index contributed by atoms with van der Waals surface area (Å²) in [6.07, 6.45) is 4.74. The van der Waals surface area contributed by atoms with E-state index in [-0.39, 0.29) is 10.6 Å². The van der Waals surface area contributed by atoms with Crippen LogP contribution in [0, 0.1) is 0 Å². The molecule has 0 aliphatic carbocycles. The molecular weight excluding hydrogens is 506 g/mol. The van der Waals surface area contributed by atoms with Gasteiger partial charge in [0.25, 0.3) is 0 Å². The van der Waals surface area contributed by atoms with Gasteiger partial charge in [0.1, 0.15) is 19.3 Å². The smallest absolute Gasteiger partial charge is 0.247 e. The maximum atomic E-state index is 13.0. The molecule has 0 spiro atoms. The normalized spacial score (nSPS) is 17.6. The highest BCUT2D eigenvalue weighted by Gasteiger charge is 2.31. The lowest BCUT2D eigenvalue weighted by Gasteiger charge is -2.29. The van der Waals surface area contributed by atoms with Crippen LogP contribution in [0.4, 0.5) is 11.4 Å². The molecule has 12 heteroatoms. The zero-order valence-electron chi connectivity index (χ0n) is 20.3. The van der Waals surface area contributed by atoms with Gasteiger partial charge in [0.2, 0.25) is 26.0 Å². The van der Waals surface area contributed by atoms with E-state index in [9.17, 15) is 21.6 Å². The Morgan fingerprint density at radius 1 is 0.917 bits per heavy atom. The summed E-state index contributed by atoms with van der Waals surface area (Å²) in [6, 6.07) is 9.52. The molecule has 196 valence electrons. The summed E-state index contributed by atoms with van der Waals surface area (Å²) >= 11 is 0. The lowest BCUT2D eigenvalue weighted by molar-refractivity contribution is -0.116. The Balaban J connectivity index is 1.50. The van der Waals surface area contributed by atoms with Crippen molar-refractivity contribution in [1.82, 2.24) is 4.31 Å².